The summed E-state index contributed by atoms with van der Waals surface area (Å²) in [4.78, 5) is 193. The highest BCUT2D eigenvalue weighted by Crippen LogP contribution is 2.40. The minimum Gasteiger partial charge on any atom is -0.469 e. The molecule has 1 aliphatic carbocycles. The molecule has 5 rings (SSSR count). The van der Waals surface area contributed by atoms with Gasteiger partial charge in [-0.1, -0.05) is 34.1 Å². The van der Waals surface area contributed by atoms with Crippen molar-refractivity contribution in [1.29, 1.82) is 0 Å². The maximum Gasteiger partial charge on any atom is 0.409 e. The number of unbranched alkanes of at least 4 members (excludes halogenated alkanes) is 2. The van der Waals surface area contributed by atoms with Crippen LogP contribution in [0.1, 0.15) is 183 Å². The number of nitrogens with zero attached hydrogens (tertiary/aromatic N) is 16. The number of primary amides is 1. The predicted octanol–water partition coefficient (Wildman–Crippen LogP) is 13.6. The zero-order valence-electron chi connectivity index (χ0n) is 82.8. The maximum absolute atomic E-state index is 11.3. The van der Waals surface area contributed by atoms with E-state index in [1.807, 2.05) is 32.6 Å². The van der Waals surface area contributed by atoms with Gasteiger partial charge in [-0.25, -0.2) is 93.5 Å². The monoisotopic (exact) mass is 2220 g/mol. The Kier molecular flexibility index (Phi) is 107. The molecule has 786 valence electrons. The number of esters is 7. The number of amides is 7. The fourth-order valence-electron chi connectivity index (χ4n) is 9.40. The van der Waals surface area contributed by atoms with E-state index in [9.17, 15) is 62.3 Å². The summed E-state index contributed by atoms with van der Waals surface area (Å²) < 4.78 is 41.4. The number of piperidine rings is 1. The number of nitrogens with one attached hydrogen (secondary N) is 3. The molecule has 5 N–H and O–H groups in total. The van der Waals surface area contributed by atoms with Gasteiger partial charge in [-0.2, -0.15) is 4.99 Å². The van der Waals surface area contributed by atoms with Crippen LogP contribution in [0.15, 0.2) is 81.5 Å². The number of isothiocyanates is 13. The Labute approximate surface area is 899 Å². The van der Waals surface area contributed by atoms with E-state index in [4.69, 9.17) is 19.6 Å². The van der Waals surface area contributed by atoms with E-state index in [2.05, 4.69) is 335 Å². The van der Waals surface area contributed by atoms with E-state index in [1.54, 1.807) is 51.5 Å². The van der Waals surface area contributed by atoms with Gasteiger partial charge >= 0.3 is 53.9 Å². The number of aliphatic imine (C=N–C) groups is 13. The summed E-state index contributed by atoms with van der Waals surface area (Å²) in [6.07, 6.45) is 11.3. The number of hydrogen-bond acceptors (Lipinski definition) is 48. The van der Waals surface area contributed by atoms with Crippen molar-refractivity contribution in [2.24, 2.45) is 82.5 Å². The molecule has 42 nitrogen and oxygen atoms in total. The summed E-state index contributed by atoms with van der Waals surface area (Å²) in [6, 6.07) is 2.08. The molecule has 1 aromatic heterocycles. The lowest BCUT2D eigenvalue weighted by molar-refractivity contribution is -0.146. The quantitative estimate of drug-likeness (QED) is 0.0155. The lowest BCUT2D eigenvalue weighted by Gasteiger charge is -2.28. The number of ether oxygens (including phenoxy) is 8. The van der Waals surface area contributed by atoms with Gasteiger partial charge in [-0.3, -0.25) is 28.8 Å². The molecule has 3 atom stereocenters. The summed E-state index contributed by atoms with van der Waals surface area (Å²) in [6.45, 7) is 27.9. The van der Waals surface area contributed by atoms with Gasteiger partial charge in [0.25, 0.3) is 0 Å². The van der Waals surface area contributed by atoms with Gasteiger partial charge in [0.05, 0.1) is 168 Å². The number of carbonyl (C=O) groups excluding carboxylic acids is 13. The van der Waals surface area contributed by atoms with Crippen LogP contribution in [-0.2, 0) is 85.8 Å². The molecular weight excluding hydrogens is 2090 g/mol. The fraction of sp³-hybridized carbons (Fsp3) is 0.655. The molecule has 1 saturated carbocycles. The first kappa shape index (κ1) is 147. The number of rotatable bonds is 42. The van der Waals surface area contributed by atoms with E-state index < -0.39 is 35.1 Å². The summed E-state index contributed by atoms with van der Waals surface area (Å²) in [5, 5.41) is 36.6. The number of furan rings is 1. The summed E-state index contributed by atoms with van der Waals surface area (Å²) in [5.74, 6) is -1.61. The minimum absolute atomic E-state index is 0.00966. The van der Waals surface area contributed by atoms with Crippen LogP contribution in [0, 0.1) is 11.8 Å². The molecule has 3 saturated heterocycles. The normalized spacial score (nSPS) is 12.1. The van der Waals surface area contributed by atoms with Crippen LogP contribution in [0.4, 0.5) is 15.5 Å². The Morgan fingerprint density at radius 3 is 1.56 bits per heavy atom. The third-order valence-corrected chi connectivity index (χ3v) is 18.2. The van der Waals surface area contributed by atoms with Gasteiger partial charge in [0.15, 0.2) is 23.2 Å². The van der Waals surface area contributed by atoms with Crippen LogP contribution >= 0.6 is 159 Å². The number of thiocarbonyl (C=S) groups is 13. The molecule has 3 aliphatic heterocycles. The Bertz CT molecular complexity index is 4610. The van der Waals surface area contributed by atoms with Crippen molar-refractivity contribution in [3.8, 4) is 0 Å². The number of methoxy groups -OCH3 is 6. The van der Waals surface area contributed by atoms with Crippen molar-refractivity contribution >= 4 is 309 Å². The van der Waals surface area contributed by atoms with E-state index in [0.29, 0.717) is 104 Å². The first-order chi connectivity index (χ1) is 67.6. The molecule has 1 aromatic rings. The summed E-state index contributed by atoms with van der Waals surface area (Å²) >= 11 is 56.9. The van der Waals surface area contributed by atoms with Crippen LogP contribution in [-0.4, -0.2) is 349 Å². The van der Waals surface area contributed by atoms with Gasteiger partial charge in [0.2, 0.25) is 35.3 Å². The Morgan fingerprint density at radius 1 is 0.570 bits per heavy atom. The van der Waals surface area contributed by atoms with Gasteiger partial charge in [0.1, 0.15) is 0 Å². The lowest BCUT2D eigenvalue weighted by atomic mass is 10.0. The molecule has 3 unspecified atom stereocenters. The molecule has 142 heavy (non-hydrogen) atoms. The van der Waals surface area contributed by atoms with Crippen LogP contribution in [0.25, 0.3) is 0 Å². The van der Waals surface area contributed by atoms with Crippen LogP contribution in [0.5, 0.6) is 0 Å². The molecule has 0 aromatic carbocycles. The highest BCUT2D eigenvalue weighted by atomic mass is 32.1. The Hall–Kier alpha value is -10.6. The molecule has 0 spiro atoms. The average Bonchev–Trinajstić information content (AvgIpc) is 1.64. The third kappa shape index (κ3) is 91.8. The summed E-state index contributed by atoms with van der Waals surface area (Å²) in [5.41, 5.74) is 3.24. The zero-order chi connectivity index (χ0) is 110. The molecule has 4 heterocycles. The average molecular weight is 2220 g/mol. The zero-order valence-corrected chi connectivity index (χ0v) is 93.4. The molecular formula is C87H128N20O22S13. The molecule has 4 fully saturated rings. The van der Waals surface area contributed by atoms with Crippen LogP contribution < -0.4 is 21.7 Å². The van der Waals surface area contributed by atoms with Crippen molar-refractivity contribution in [1.82, 2.24) is 30.7 Å². The van der Waals surface area contributed by atoms with Gasteiger partial charge in [-0.15, -0.1) is 0 Å². The van der Waals surface area contributed by atoms with Gasteiger partial charge in [-0.05, 0) is 276 Å². The molecule has 7 amide bonds. The first-order valence-electron chi connectivity index (χ1n) is 43.1. The largest absolute Gasteiger partial charge is 0.469 e. The van der Waals surface area contributed by atoms with Crippen molar-refractivity contribution < 1.29 is 105 Å². The second-order valence-corrected chi connectivity index (χ2v) is 31.0. The molecule has 0 radical (unpaired) electrons. The maximum atomic E-state index is 11.3. The predicted molar refractivity (Wildman–Crippen MR) is 584 cm³/mol. The van der Waals surface area contributed by atoms with Crippen LogP contribution in [0.3, 0.4) is 0 Å². The third-order valence-electron chi connectivity index (χ3n) is 16.7. The van der Waals surface area contributed by atoms with E-state index in [1.165, 1.54) is 61.7 Å². The van der Waals surface area contributed by atoms with Crippen molar-refractivity contribution in [2.75, 3.05) is 155 Å². The van der Waals surface area contributed by atoms with Gasteiger partial charge in [0, 0.05) is 111 Å². The SMILES string of the molecule is CC(=O)NCCN=C=S.CCOC(=O)C1(N=C=S)CC1.CCOC(=O)N1CCC(N=C=S)CC1.CNC(=O)CCCN=C=S.COC(=O)C(C)(C)N=C=S.COC(=O)C(CC(C)C)N=C=S.COC(=O)C(N=C=S)C(C)C.COC(=O)CC(C)N=C=S.COC(=O)CCCCCN=C=S.COC(=O)c1ccc(N=C=S)o1.NC(=O)CCN=C=S.O=C1CCCN1CCCN=C=S.O=C1NCCN1CCN=C=S. The summed E-state index contributed by atoms with van der Waals surface area (Å²) in [7, 11) is 9.61. The second-order valence-electron chi connectivity index (χ2n) is 28.6. The Morgan fingerprint density at radius 2 is 1.12 bits per heavy atom. The number of hydrogen-bond donors (Lipinski definition) is 4. The van der Waals surface area contributed by atoms with E-state index in [0.717, 1.165) is 96.8 Å². The van der Waals surface area contributed by atoms with Crippen molar-refractivity contribution in [2.45, 2.75) is 207 Å². The fourth-order valence-corrected chi connectivity index (χ4v) is 11.0. The molecule has 4 aliphatic rings. The van der Waals surface area contributed by atoms with Crippen molar-refractivity contribution in [3.05, 3.63) is 17.9 Å². The number of likely N-dealkylation sites (tertiary alicyclic amines) is 2. The van der Waals surface area contributed by atoms with E-state index >= 15 is 0 Å². The number of carbonyl (C=O) groups is 13. The standard InChI is InChI=1S/C9H14N2O2S.C8H12N2OS.2C8H13NO2S.C7H5NO3S.C7H9NO2S.C7H11NO2S.C6H9N3OS.C6H10N2OS.2C6H9NO2S.C5H8N2OS.C4H6N2OS/c1-2-13-9(12)11-5-3-8(4-6-11)10-7-14;11-8-3-1-5-10(8)6-2-4-9-7-12;1-6(2)4-7(9-5-12)8(10)11-3;1-11-8(10)5-3-2-4-6-9-7-12;1-10-7(9)5-2-3-6(11-5)8-4-12;1-2-10-6(9)7(3-4-7)8-5-11;1-5(2)6(8-4-11)7(9)10-3;10-6-8-2-4-9(6)3-1-7-5-11;1-7-6(9)3-2-4-8-5-10;1-6(2,7-4-10)5(8)9-3;1-5(7-4-10)3-6(8)9-2;1-5(8)7-3-2-6-4-9;5-4(7)1-2-6-3-8/h8H,2-6H2,1H3;1-6H2;6-7H,4H2,1-3H3;2-6H2,1H3;2-3H,1H3;2-4H2,1H3;5-6H,1-3H3;1-4H2,(H,8,10);2-4H2,1H3,(H,7,9);1-3H3;5H,3H2,1-2H3;2-3H2,1H3,(H,7,8);1-2H2,(H2,5,7). The smallest absolute Gasteiger partial charge is 0.409 e. The van der Waals surface area contributed by atoms with Gasteiger partial charge < -0.3 is 78.7 Å². The van der Waals surface area contributed by atoms with Crippen LogP contribution in [0.2, 0.25) is 0 Å². The number of urea groups is 1. The van der Waals surface area contributed by atoms with Crippen molar-refractivity contribution in [3.63, 3.8) is 0 Å². The number of nitrogens with two attached hydrogens (primary N) is 1. The highest BCUT2D eigenvalue weighted by molar-refractivity contribution is 7.80. The van der Waals surface area contributed by atoms with E-state index in [-0.39, 0.29) is 108 Å². The minimum atomic E-state index is -0.892. The lowest BCUT2D eigenvalue weighted by Crippen LogP contribution is -2.39. The Balaban J connectivity index is -0.000000229. The highest BCUT2D eigenvalue weighted by Gasteiger charge is 2.52. The molecule has 55 heteroatoms. The molecule has 0 bridgehead atoms. The first-order valence-corrected chi connectivity index (χ1v) is 48.4. The second kappa shape index (κ2) is 103. The topological polar surface area (TPSA) is 541 Å².